The van der Waals surface area contributed by atoms with Gasteiger partial charge in [-0.05, 0) is 30.7 Å². The van der Waals surface area contributed by atoms with E-state index in [-0.39, 0.29) is 17.4 Å². The van der Waals surface area contributed by atoms with Crippen LogP contribution in [0.5, 0.6) is 0 Å². The fraction of sp³-hybridized carbons (Fsp3) is 0.500. The molecule has 0 aromatic heterocycles. The molecular formula is C14H14F2O2. The van der Waals surface area contributed by atoms with Gasteiger partial charge in [-0.2, -0.15) is 0 Å². The van der Waals surface area contributed by atoms with Gasteiger partial charge in [0.1, 0.15) is 0 Å². The first kappa shape index (κ1) is 11.6. The fourth-order valence-electron chi connectivity index (χ4n) is 2.47. The topological polar surface area (TPSA) is 37.3 Å². The molecule has 0 aliphatic heterocycles. The molecule has 2 nitrogen and oxygen atoms in total. The van der Waals surface area contributed by atoms with Gasteiger partial charge in [0, 0.05) is 11.5 Å². The van der Waals surface area contributed by atoms with E-state index >= 15 is 0 Å². The third-order valence-electron chi connectivity index (χ3n) is 3.92. The maximum absolute atomic E-state index is 13.8. The average Bonchev–Trinajstić information content (AvgIpc) is 3.18. The molecule has 0 saturated heterocycles. The summed E-state index contributed by atoms with van der Waals surface area (Å²) in [5, 5.41) is 8.83. The van der Waals surface area contributed by atoms with Crippen LogP contribution in [0.1, 0.15) is 36.3 Å². The van der Waals surface area contributed by atoms with Crippen molar-refractivity contribution in [2.24, 2.45) is 11.8 Å². The molecule has 0 amide bonds. The Bertz CT molecular complexity index is 477. The van der Waals surface area contributed by atoms with Crippen molar-refractivity contribution in [2.45, 2.75) is 31.1 Å². The molecule has 2 atom stereocenters. The normalized spacial score (nSPS) is 27.0. The van der Waals surface area contributed by atoms with Crippen LogP contribution in [-0.2, 0) is 10.7 Å². The van der Waals surface area contributed by atoms with Crippen molar-refractivity contribution in [1.82, 2.24) is 0 Å². The van der Waals surface area contributed by atoms with Gasteiger partial charge in [0.25, 0.3) is 5.92 Å². The number of carboxylic acids is 1. The minimum absolute atomic E-state index is 0.00565. The van der Waals surface area contributed by atoms with Crippen molar-refractivity contribution in [3.8, 4) is 0 Å². The first-order valence-corrected chi connectivity index (χ1v) is 6.21. The van der Waals surface area contributed by atoms with Gasteiger partial charge < -0.3 is 5.11 Å². The summed E-state index contributed by atoms with van der Waals surface area (Å²) in [5.74, 6) is -4.36. The van der Waals surface area contributed by atoms with Gasteiger partial charge in [0.2, 0.25) is 0 Å². The van der Waals surface area contributed by atoms with Crippen LogP contribution in [0.2, 0.25) is 0 Å². The molecule has 2 saturated carbocycles. The van der Waals surface area contributed by atoms with Gasteiger partial charge in [-0.3, -0.25) is 4.79 Å². The number of hydrogen-bond donors (Lipinski definition) is 1. The standard InChI is InChI=1S/C14H14F2O2/c15-14(16,10-5-6-10)9-3-1-8(2-4-9)11-7-12(11)13(17)18/h1-4,10-12H,5-7H2,(H,17,18). The molecule has 2 unspecified atom stereocenters. The molecular weight excluding hydrogens is 238 g/mol. The first-order valence-electron chi connectivity index (χ1n) is 6.21. The van der Waals surface area contributed by atoms with Crippen LogP contribution in [0.3, 0.4) is 0 Å². The zero-order valence-electron chi connectivity index (χ0n) is 9.77. The number of carboxylic acid groups (broad SMARTS) is 1. The van der Waals surface area contributed by atoms with E-state index < -0.39 is 17.8 Å². The highest BCUT2D eigenvalue weighted by Crippen LogP contribution is 2.51. The number of hydrogen-bond acceptors (Lipinski definition) is 1. The van der Waals surface area contributed by atoms with Crippen LogP contribution in [-0.4, -0.2) is 11.1 Å². The minimum atomic E-state index is -2.73. The van der Waals surface area contributed by atoms with E-state index in [2.05, 4.69) is 0 Å². The molecule has 0 heterocycles. The summed E-state index contributed by atoms with van der Waals surface area (Å²) < 4.78 is 27.6. The number of carbonyl (C=O) groups is 1. The summed E-state index contributed by atoms with van der Waals surface area (Å²) >= 11 is 0. The summed E-state index contributed by atoms with van der Waals surface area (Å²) in [5.41, 5.74) is 0.916. The second kappa shape index (κ2) is 3.77. The molecule has 1 aromatic rings. The maximum atomic E-state index is 13.8. The maximum Gasteiger partial charge on any atom is 0.307 e. The summed E-state index contributed by atoms with van der Waals surface area (Å²) in [4.78, 5) is 10.7. The molecule has 96 valence electrons. The van der Waals surface area contributed by atoms with E-state index in [4.69, 9.17) is 5.11 Å². The number of halogens is 2. The lowest BCUT2D eigenvalue weighted by Crippen LogP contribution is -2.15. The summed E-state index contributed by atoms with van der Waals surface area (Å²) in [6, 6.07) is 6.20. The van der Waals surface area contributed by atoms with Gasteiger partial charge in [0.15, 0.2) is 0 Å². The van der Waals surface area contributed by atoms with E-state index in [0.717, 1.165) is 5.56 Å². The van der Waals surface area contributed by atoms with E-state index in [0.29, 0.717) is 19.3 Å². The molecule has 2 aliphatic rings. The summed E-state index contributed by atoms with van der Waals surface area (Å²) in [6.07, 6.45) is 1.81. The highest BCUT2D eigenvalue weighted by Gasteiger charge is 2.48. The highest BCUT2D eigenvalue weighted by atomic mass is 19.3. The van der Waals surface area contributed by atoms with Crippen molar-refractivity contribution >= 4 is 5.97 Å². The predicted molar refractivity (Wildman–Crippen MR) is 61.5 cm³/mol. The third kappa shape index (κ3) is 1.89. The van der Waals surface area contributed by atoms with Crippen LogP contribution in [0, 0.1) is 11.8 Å². The Morgan fingerprint density at radius 1 is 1.22 bits per heavy atom. The van der Waals surface area contributed by atoms with E-state index in [1.54, 1.807) is 12.1 Å². The third-order valence-corrected chi connectivity index (χ3v) is 3.92. The molecule has 1 aromatic carbocycles. The number of alkyl halides is 2. The monoisotopic (exact) mass is 252 g/mol. The Morgan fingerprint density at radius 3 is 2.28 bits per heavy atom. The second-order valence-electron chi connectivity index (χ2n) is 5.31. The quantitative estimate of drug-likeness (QED) is 0.892. The molecule has 4 heteroatoms. The predicted octanol–water partition coefficient (Wildman–Crippen LogP) is 3.38. The summed E-state index contributed by atoms with van der Waals surface area (Å²) in [7, 11) is 0. The van der Waals surface area contributed by atoms with E-state index in [1.807, 2.05) is 0 Å². The molecule has 0 radical (unpaired) electrons. The molecule has 1 N–H and O–H groups in total. The molecule has 0 spiro atoms. The Labute approximate surface area is 104 Å². The van der Waals surface area contributed by atoms with Crippen LogP contribution in [0.15, 0.2) is 24.3 Å². The van der Waals surface area contributed by atoms with Crippen molar-refractivity contribution in [2.75, 3.05) is 0 Å². The number of aliphatic carboxylic acids is 1. The second-order valence-corrected chi connectivity index (χ2v) is 5.31. The molecule has 2 aliphatic carbocycles. The van der Waals surface area contributed by atoms with Gasteiger partial charge in [-0.15, -0.1) is 0 Å². The number of rotatable bonds is 4. The minimum Gasteiger partial charge on any atom is -0.481 e. The lowest BCUT2D eigenvalue weighted by Gasteiger charge is -2.16. The van der Waals surface area contributed by atoms with Crippen LogP contribution >= 0.6 is 0 Å². The fourth-order valence-corrected chi connectivity index (χ4v) is 2.47. The van der Waals surface area contributed by atoms with Gasteiger partial charge in [-0.1, -0.05) is 24.3 Å². The molecule has 18 heavy (non-hydrogen) atoms. The van der Waals surface area contributed by atoms with Crippen molar-refractivity contribution in [1.29, 1.82) is 0 Å². The van der Waals surface area contributed by atoms with Crippen LogP contribution in [0.25, 0.3) is 0 Å². The van der Waals surface area contributed by atoms with Gasteiger partial charge in [0.05, 0.1) is 5.92 Å². The average molecular weight is 252 g/mol. The van der Waals surface area contributed by atoms with Crippen LogP contribution < -0.4 is 0 Å². The van der Waals surface area contributed by atoms with Crippen molar-refractivity contribution in [3.05, 3.63) is 35.4 Å². The lowest BCUT2D eigenvalue weighted by molar-refractivity contribution is -0.138. The van der Waals surface area contributed by atoms with Crippen molar-refractivity contribution in [3.63, 3.8) is 0 Å². The highest BCUT2D eigenvalue weighted by molar-refractivity contribution is 5.75. The van der Waals surface area contributed by atoms with Crippen LogP contribution in [0.4, 0.5) is 8.78 Å². The first-order chi connectivity index (χ1) is 8.50. The zero-order chi connectivity index (χ0) is 12.9. The molecule has 0 bridgehead atoms. The van der Waals surface area contributed by atoms with Crippen molar-refractivity contribution < 1.29 is 18.7 Å². The zero-order valence-corrected chi connectivity index (χ0v) is 9.77. The Morgan fingerprint density at radius 2 is 1.83 bits per heavy atom. The molecule has 3 rings (SSSR count). The Hall–Kier alpha value is -1.45. The van der Waals surface area contributed by atoms with Gasteiger partial charge >= 0.3 is 5.97 Å². The molecule has 2 fully saturated rings. The SMILES string of the molecule is O=C(O)C1CC1c1ccc(C(F)(F)C2CC2)cc1. The van der Waals surface area contributed by atoms with E-state index in [9.17, 15) is 13.6 Å². The van der Waals surface area contributed by atoms with Gasteiger partial charge in [-0.25, -0.2) is 8.78 Å². The number of benzene rings is 1. The lowest BCUT2D eigenvalue weighted by atomic mass is 10.0. The largest absolute Gasteiger partial charge is 0.481 e. The Kier molecular flexibility index (Phi) is 2.44. The summed E-state index contributed by atoms with van der Waals surface area (Å²) in [6.45, 7) is 0. The Balaban J connectivity index is 1.76. The smallest absolute Gasteiger partial charge is 0.307 e. The van der Waals surface area contributed by atoms with E-state index in [1.165, 1.54) is 12.1 Å².